The molecular formula is C13H18N2OS. The minimum absolute atomic E-state index is 0.157. The molecule has 1 rings (SSSR count). The van der Waals surface area contributed by atoms with Crippen molar-refractivity contribution in [1.82, 2.24) is 5.32 Å². The van der Waals surface area contributed by atoms with Gasteiger partial charge in [-0.25, -0.2) is 0 Å². The van der Waals surface area contributed by atoms with Gasteiger partial charge in [0.2, 0.25) is 0 Å². The second kappa shape index (κ2) is 5.33. The molecule has 17 heavy (non-hydrogen) atoms. The summed E-state index contributed by atoms with van der Waals surface area (Å²) >= 11 is 1.52. The fraction of sp³-hybridized carbons (Fsp3) is 0.538. The summed E-state index contributed by atoms with van der Waals surface area (Å²) in [5, 5.41) is 11.6. The second-order valence-corrected chi connectivity index (χ2v) is 5.59. The van der Waals surface area contributed by atoms with E-state index in [1.165, 1.54) is 21.8 Å². The number of amides is 1. The van der Waals surface area contributed by atoms with Crippen LogP contribution in [0.3, 0.4) is 0 Å². The number of nitrogens with zero attached hydrogens (tertiary/aromatic N) is 1. The van der Waals surface area contributed by atoms with Crippen LogP contribution in [0.25, 0.3) is 0 Å². The molecule has 0 fully saturated rings. The van der Waals surface area contributed by atoms with E-state index < -0.39 is 5.54 Å². The highest BCUT2D eigenvalue weighted by Gasteiger charge is 2.22. The fourth-order valence-corrected chi connectivity index (χ4v) is 2.64. The number of nitrogens with one attached hydrogen (secondary N) is 1. The van der Waals surface area contributed by atoms with Gasteiger partial charge < -0.3 is 5.32 Å². The third-order valence-corrected chi connectivity index (χ3v) is 3.85. The van der Waals surface area contributed by atoms with Gasteiger partial charge >= 0.3 is 0 Å². The number of carbonyl (C=O) groups is 1. The Morgan fingerprint density at radius 2 is 2.12 bits per heavy atom. The van der Waals surface area contributed by atoms with Crippen LogP contribution in [-0.4, -0.2) is 11.4 Å². The van der Waals surface area contributed by atoms with E-state index in [1.54, 1.807) is 13.8 Å². The summed E-state index contributed by atoms with van der Waals surface area (Å²) in [5.74, 6) is -0.157. The number of rotatable bonds is 4. The van der Waals surface area contributed by atoms with Crippen molar-refractivity contribution in [3.05, 3.63) is 21.4 Å². The molecule has 1 amide bonds. The zero-order chi connectivity index (χ0) is 13.1. The van der Waals surface area contributed by atoms with Crippen molar-refractivity contribution >= 4 is 17.2 Å². The molecule has 1 aromatic heterocycles. The van der Waals surface area contributed by atoms with Crippen LogP contribution in [0.5, 0.6) is 0 Å². The molecule has 0 unspecified atom stereocenters. The minimum Gasteiger partial charge on any atom is -0.334 e. The summed E-state index contributed by atoms with van der Waals surface area (Å²) in [7, 11) is 0. The Morgan fingerprint density at radius 1 is 1.47 bits per heavy atom. The summed E-state index contributed by atoms with van der Waals surface area (Å²) < 4.78 is 0. The molecule has 1 N–H and O–H groups in total. The summed E-state index contributed by atoms with van der Waals surface area (Å²) in [5.41, 5.74) is 0.414. The van der Waals surface area contributed by atoms with Gasteiger partial charge in [-0.15, -0.1) is 11.3 Å². The van der Waals surface area contributed by atoms with Crippen LogP contribution < -0.4 is 5.32 Å². The van der Waals surface area contributed by atoms with E-state index in [2.05, 4.69) is 25.2 Å². The topological polar surface area (TPSA) is 52.9 Å². The van der Waals surface area contributed by atoms with Gasteiger partial charge in [0.1, 0.15) is 5.54 Å². The van der Waals surface area contributed by atoms with Crippen LogP contribution >= 0.6 is 11.3 Å². The molecular weight excluding hydrogens is 232 g/mol. The fourth-order valence-electron chi connectivity index (χ4n) is 1.55. The van der Waals surface area contributed by atoms with E-state index in [4.69, 9.17) is 5.26 Å². The predicted octanol–water partition coefficient (Wildman–Crippen LogP) is 2.90. The molecule has 0 aliphatic carbocycles. The molecule has 0 bridgehead atoms. The first kappa shape index (κ1) is 13.7. The highest BCUT2D eigenvalue weighted by Crippen LogP contribution is 2.24. The Kier molecular flexibility index (Phi) is 4.30. The van der Waals surface area contributed by atoms with Crippen LogP contribution in [0.4, 0.5) is 0 Å². The Morgan fingerprint density at radius 3 is 2.53 bits per heavy atom. The van der Waals surface area contributed by atoms with Crippen molar-refractivity contribution in [2.45, 2.75) is 46.1 Å². The lowest BCUT2D eigenvalue weighted by Crippen LogP contribution is -2.41. The first-order valence-corrected chi connectivity index (χ1v) is 6.60. The minimum atomic E-state index is -0.820. The standard InChI is InChI=1S/C13H18N2OS/c1-5-9-7-11(17-10(9)6-2)12(16)15-13(3,4)8-14/h7H,5-6H2,1-4H3,(H,15,16). The average molecular weight is 250 g/mol. The third-order valence-electron chi connectivity index (χ3n) is 2.53. The molecule has 0 aliphatic heterocycles. The number of aryl methyl sites for hydroxylation is 2. The SMILES string of the molecule is CCc1cc(C(=O)NC(C)(C)C#N)sc1CC. The Bertz CT molecular complexity index is 433. The van der Waals surface area contributed by atoms with Crippen molar-refractivity contribution in [3.8, 4) is 6.07 Å². The number of hydrogen-bond acceptors (Lipinski definition) is 3. The second-order valence-electron chi connectivity index (χ2n) is 4.46. The van der Waals surface area contributed by atoms with Gasteiger partial charge in [-0.2, -0.15) is 5.26 Å². The number of hydrogen-bond donors (Lipinski definition) is 1. The molecule has 0 saturated heterocycles. The highest BCUT2D eigenvalue weighted by molar-refractivity contribution is 7.14. The van der Waals surface area contributed by atoms with Crippen LogP contribution in [-0.2, 0) is 12.8 Å². The molecule has 0 saturated carbocycles. The number of thiophene rings is 1. The molecule has 1 aromatic rings. The number of carbonyl (C=O) groups excluding carboxylic acids is 1. The number of nitriles is 1. The van der Waals surface area contributed by atoms with Crippen molar-refractivity contribution in [3.63, 3.8) is 0 Å². The van der Waals surface area contributed by atoms with Gasteiger partial charge in [0.05, 0.1) is 10.9 Å². The molecule has 1 heterocycles. The van der Waals surface area contributed by atoms with Crippen LogP contribution in [0.2, 0.25) is 0 Å². The Balaban J connectivity index is 2.91. The van der Waals surface area contributed by atoms with E-state index in [0.717, 1.165) is 12.8 Å². The molecule has 0 radical (unpaired) electrons. The van der Waals surface area contributed by atoms with E-state index in [0.29, 0.717) is 4.88 Å². The Labute approximate surface area is 106 Å². The van der Waals surface area contributed by atoms with Gasteiger partial charge in [0.15, 0.2) is 0 Å². The molecule has 0 aromatic carbocycles. The maximum absolute atomic E-state index is 12.0. The van der Waals surface area contributed by atoms with Gasteiger partial charge in [0.25, 0.3) is 5.91 Å². The largest absolute Gasteiger partial charge is 0.334 e. The average Bonchev–Trinajstić information content (AvgIpc) is 2.71. The molecule has 0 atom stereocenters. The van der Waals surface area contributed by atoms with Crippen molar-refractivity contribution in [2.75, 3.05) is 0 Å². The summed E-state index contributed by atoms with van der Waals surface area (Å²) in [6, 6.07) is 4.00. The lowest BCUT2D eigenvalue weighted by atomic mass is 10.1. The Hall–Kier alpha value is -1.34. The predicted molar refractivity (Wildman–Crippen MR) is 70.2 cm³/mol. The zero-order valence-corrected chi connectivity index (χ0v) is 11.6. The van der Waals surface area contributed by atoms with Crippen molar-refractivity contribution in [1.29, 1.82) is 5.26 Å². The normalized spacial score (nSPS) is 11.0. The summed E-state index contributed by atoms with van der Waals surface area (Å²) in [6.45, 7) is 7.56. The highest BCUT2D eigenvalue weighted by atomic mass is 32.1. The monoisotopic (exact) mass is 250 g/mol. The smallest absolute Gasteiger partial charge is 0.262 e. The van der Waals surface area contributed by atoms with Crippen LogP contribution in [0, 0.1) is 11.3 Å². The zero-order valence-electron chi connectivity index (χ0n) is 10.8. The third kappa shape index (κ3) is 3.31. The maximum atomic E-state index is 12.0. The van der Waals surface area contributed by atoms with Gasteiger partial charge in [0, 0.05) is 4.88 Å². The van der Waals surface area contributed by atoms with Crippen molar-refractivity contribution in [2.24, 2.45) is 0 Å². The first-order chi connectivity index (χ1) is 7.93. The van der Waals surface area contributed by atoms with E-state index in [1.807, 2.05) is 6.07 Å². The molecule has 0 spiro atoms. The lowest BCUT2D eigenvalue weighted by molar-refractivity contribution is 0.0933. The van der Waals surface area contributed by atoms with Crippen LogP contribution in [0.1, 0.15) is 47.8 Å². The molecule has 3 nitrogen and oxygen atoms in total. The summed E-state index contributed by atoms with van der Waals surface area (Å²) in [4.78, 5) is 13.9. The van der Waals surface area contributed by atoms with Gasteiger partial charge in [-0.05, 0) is 38.3 Å². The summed E-state index contributed by atoms with van der Waals surface area (Å²) in [6.07, 6.45) is 1.89. The molecule has 92 valence electrons. The molecule has 4 heteroatoms. The van der Waals surface area contributed by atoms with Crippen LogP contribution in [0.15, 0.2) is 6.07 Å². The maximum Gasteiger partial charge on any atom is 0.262 e. The molecule has 0 aliphatic rings. The van der Waals surface area contributed by atoms with E-state index >= 15 is 0 Å². The van der Waals surface area contributed by atoms with E-state index in [9.17, 15) is 4.79 Å². The van der Waals surface area contributed by atoms with Crippen molar-refractivity contribution < 1.29 is 4.79 Å². The first-order valence-electron chi connectivity index (χ1n) is 5.78. The lowest BCUT2D eigenvalue weighted by Gasteiger charge is -2.16. The quantitative estimate of drug-likeness (QED) is 0.893. The van der Waals surface area contributed by atoms with Gasteiger partial charge in [-0.1, -0.05) is 13.8 Å². The van der Waals surface area contributed by atoms with E-state index in [-0.39, 0.29) is 5.91 Å². The van der Waals surface area contributed by atoms with Gasteiger partial charge in [-0.3, -0.25) is 4.79 Å².